The van der Waals surface area contributed by atoms with Gasteiger partial charge >= 0.3 is 10.4 Å². The van der Waals surface area contributed by atoms with E-state index < -0.39 is 16.5 Å². The fourth-order valence-electron chi connectivity index (χ4n) is 7.13. The van der Waals surface area contributed by atoms with Crippen molar-refractivity contribution in [2.75, 3.05) is 0 Å². The van der Waals surface area contributed by atoms with Crippen molar-refractivity contribution in [3.63, 3.8) is 0 Å². The number of carbonyl (C=O) groups excluding carboxylic acids is 1. The molecule has 0 aliphatic heterocycles. The summed E-state index contributed by atoms with van der Waals surface area (Å²) in [6, 6.07) is 0. The molecule has 0 aromatic rings. The van der Waals surface area contributed by atoms with Crippen LogP contribution in [0.5, 0.6) is 0 Å². The van der Waals surface area contributed by atoms with E-state index in [0.717, 1.165) is 24.8 Å². The van der Waals surface area contributed by atoms with Crippen LogP contribution in [0.3, 0.4) is 0 Å². The molecule has 6 heteroatoms. The Balaban J connectivity index is 1.76. The zero-order chi connectivity index (χ0) is 20.5. The van der Waals surface area contributed by atoms with Gasteiger partial charge in [-0.3, -0.25) is 9.35 Å². The zero-order valence-electron chi connectivity index (χ0n) is 17.0. The molecule has 0 bridgehead atoms. The fraction of sp³-hybridized carbons (Fsp3) is 0.682. The molecule has 4 aliphatic rings. The summed E-state index contributed by atoms with van der Waals surface area (Å²) < 4.78 is 37.2. The summed E-state index contributed by atoms with van der Waals surface area (Å²) in [5.41, 5.74) is 1.96. The minimum absolute atomic E-state index is 0.0561. The minimum Gasteiger partial charge on any atom is -0.290 e. The highest BCUT2D eigenvalue weighted by Gasteiger charge is 2.62. The van der Waals surface area contributed by atoms with Crippen LogP contribution in [0.1, 0.15) is 53.4 Å². The Morgan fingerprint density at radius 2 is 1.93 bits per heavy atom. The first-order valence-corrected chi connectivity index (χ1v) is 11.7. The quantitative estimate of drug-likeness (QED) is 0.692. The van der Waals surface area contributed by atoms with Gasteiger partial charge in [0.25, 0.3) is 0 Å². The normalized spacial score (nSPS) is 46.8. The number of hydrogen-bond acceptors (Lipinski definition) is 4. The van der Waals surface area contributed by atoms with Crippen LogP contribution in [0.2, 0.25) is 0 Å². The predicted molar refractivity (Wildman–Crippen MR) is 107 cm³/mol. The van der Waals surface area contributed by atoms with Gasteiger partial charge in [0.2, 0.25) is 0 Å². The van der Waals surface area contributed by atoms with E-state index in [-0.39, 0.29) is 16.6 Å². The van der Waals surface area contributed by atoms with Crippen molar-refractivity contribution in [1.82, 2.24) is 0 Å². The van der Waals surface area contributed by atoms with Crippen molar-refractivity contribution in [2.45, 2.75) is 59.5 Å². The lowest BCUT2D eigenvalue weighted by atomic mass is 9.45. The molecule has 0 radical (unpaired) electrons. The Kier molecular flexibility index (Phi) is 4.57. The molecule has 1 N–H and O–H groups in total. The Morgan fingerprint density at radius 3 is 2.57 bits per heavy atom. The summed E-state index contributed by atoms with van der Waals surface area (Å²) in [4.78, 5) is 12.1. The van der Waals surface area contributed by atoms with E-state index in [2.05, 4.69) is 32.9 Å². The maximum atomic E-state index is 12.1. The molecule has 4 rings (SSSR count). The molecule has 5 nitrogen and oxygen atoms in total. The van der Waals surface area contributed by atoms with E-state index in [1.807, 2.05) is 13.0 Å². The van der Waals surface area contributed by atoms with Crippen molar-refractivity contribution in [3.05, 3.63) is 35.5 Å². The molecule has 0 aromatic carbocycles. The number of ketones is 1. The summed E-state index contributed by atoms with van der Waals surface area (Å²) in [7, 11) is -4.46. The minimum atomic E-state index is -4.46. The Bertz CT molecular complexity index is 898. The third kappa shape index (κ3) is 2.79. The van der Waals surface area contributed by atoms with E-state index in [1.165, 1.54) is 5.57 Å². The lowest BCUT2D eigenvalue weighted by Gasteiger charge is -2.59. The highest BCUT2D eigenvalue weighted by molar-refractivity contribution is 7.80. The summed E-state index contributed by atoms with van der Waals surface area (Å²) in [6.45, 7) is 8.67. The summed E-state index contributed by atoms with van der Waals surface area (Å²) in [6.07, 6.45) is 10.7. The first-order valence-electron chi connectivity index (χ1n) is 10.3. The molecule has 0 saturated heterocycles. The first kappa shape index (κ1) is 20.0. The van der Waals surface area contributed by atoms with Crippen molar-refractivity contribution < 1.29 is 21.9 Å². The lowest BCUT2D eigenvalue weighted by Crippen LogP contribution is -2.54. The van der Waals surface area contributed by atoms with E-state index in [9.17, 15) is 17.8 Å². The summed E-state index contributed by atoms with van der Waals surface area (Å²) >= 11 is 0. The number of rotatable bonds is 2. The topological polar surface area (TPSA) is 80.7 Å². The van der Waals surface area contributed by atoms with E-state index >= 15 is 0 Å². The van der Waals surface area contributed by atoms with Crippen LogP contribution in [-0.2, 0) is 19.4 Å². The molecule has 3 saturated carbocycles. The van der Waals surface area contributed by atoms with Crippen molar-refractivity contribution in [2.24, 2.45) is 34.5 Å². The van der Waals surface area contributed by atoms with Crippen LogP contribution >= 0.6 is 0 Å². The van der Waals surface area contributed by atoms with Crippen molar-refractivity contribution in [3.8, 4) is 0 Å². The second-order valence-electron chi connectivity index (χ2n) is 9.53. The molecule has 0 amide bonds. The standard InChI is InChI=1S/C22H30O5S/c1-5-15-13(2)20-16-6-7-19(27-28(24,25)26)22(16,4)11-9-17(20)21(3)10-8-14(23)12-18(15)21/h5,8,10,12-13,16-17,19-20H,6-7,9,11H2,1-4H3,(H,24,25,26)/t13?,16-,17-,19-,20-,21+,22-/m0/s1. The third-order valence-electron chi connectivity index (χ3n) is 8.40. The van der Waals surface area contributed by atoms with Crippen LogP contribution < -0.4 is 0 Å². The molecular weight excluding hydrogens is 376 g/mol. The molecular formula is C22H30O5S. The molecule has 0 heterocycles. The molecule has 154 valence electrons. The number of hydrogen-bond donors (Lipinski definition) is 1. The summed E-state index contributed by atoms with van der Waals surface area (Å²) in [5, 5.41) is 0. The number of carbonyl (C=O) groups is 1. The largest absolute Gasteiger partial charge is 0.397 e. The number of allylic oxidation sites excluding steroid dienone is 6. The van der Waals surface area contributed by atoms with E-state index in [1.54, 1.807) is 6.08 Å². The van der Waals surface area contributed by atoms with Gasteiger partial charge in [-0.1, -0.05) is 32.9 Å². The van der Waals surface area contributed by atoms with Gasteiger partial charge in [-0.15, -0.1) is 0 Å². The van der Waals surface area contributed by atoms with Gasteiger partial charge < -0.3 is 0 Å². The molecule has 4 aliphatic carbocycles. The predicted octanol–water partition coefficient (Wildman–Crippen LogP) is 4.28. The van der Waals surface area contributed by atoms with Crippen LogP contribution in [0, 0.1) is 34.5 Å². The SMILES string of the molecule is CC=C1C2=CC(=O)C=C[C@]2(C)[C@H]2CC[C@]3(C)[C@@H](OS(=O)(=O)O)CC[C@H]3[C@@H]2C1C. The highest BCUT2D eigenvalue weighted by atomic mass is 32.3. The Labute approximate surface area is 167 Å². The fourth-order valence-corrected chi connectivity index (χ4v) is 7.74. The average Bonchev–Trinajstić information content (AvgIpc) is 2.92. The molecule has 28 heavy (non-hydrogen) atoms. The van der Waals surface area contributed by atoms with Crippen LogP contribution in [-0.4, -0.2) is 24.9 Å². The highest BCUT2D eigenvalue weighted by Crippen LogP contribution is 2.67. The van der Waals surface area contributed by atoms with Gasteiger partial charge in [0.1, 0.15) is 0 Å². The van der Waals surface area contributed by atoms with Gasteiger partial charge in [0, 0.05) is 5.41 Å². The second kappa shape index (κ2) is 6.38. The average molecular weight is 407 g/mol. The zero-order valence-corrected chi connectivity index (χ0v) is 17.8. The second-order valence-corrected chi connectivity index (χ2v) is 10.6. The molecule has 1 unspecified atom stereocenters. The van der Waals surface area contributed by atoms with Gasteiger partial charge in [-0.25, -0.2) is 4.18 Å². The maximum Gasteiger partial charge on any atom is 0.397 e. The maximum absolute atomic E-state index is 12.1. The molecule has 0 spiro atoms. The van der Waals surface area contributed by atoms with Crippen LogP contribution in [0.15, 0.2) is 35.5 Å². The van der Waals surface area contributed by atoms with E-state index in [4.69, 9.17) is 4.18 Å². The van der Waals surface area contributed by atoms with Crippen molar-refractivity contribution in [1.29, 1.82) is 0 Å². The molecule has 3 fully saturated rings. The monoisotopic (exact) mass is 406 g/mol. The summed E-state index contributed by atoms with van der Waals surface area (Å²) in [5.74, 6) is 1.47. The van der Waals surface area contributed by atoms with Gasteiger partial charge in [-0.05, 0) is 85.0 Å². The van der Waals surface area contributed by atoms with Gasteiger partial charge in [0.15, 0.2) is 5.78 Å². The van der Waals surface area contributed by atoms with Gasteiger partial charge in [-0.2, -0.15) is 8.42 Å². The Morgan fingerprint density at radius 1 is 1.21 bits per heavy atom. The third-order valence-corrected chi connectivity index (χ3v) is 8.88. The Hall–Kier alpha value is -1.24. The molecule has 7 atom stereocenters. The van der Waals surface area contributed by atoms with E-state index in [0.29, 0.717) is 30.1 Å². The van der Waals surface area contributed by atoms with Crippen molar-refractivity contribution >= 4 is 16.2 Å². The van der Waals surface area contributed by atoms with Crippen LogP contribution in [0.25, 0.3) is 0 Å². The lowest BCUT2D eigenvalue weighted by molar-refractivity contribution is -0.111. The number of fused-ring (bicyclic) bond motifs is 5. The van der Waals surface area contributed by atoms with Gasteiger partial charge in [0.05, 0.1) is 6.10 Å². The van der Waals surface area contributed by atoms with Crippen LogP contribution in [0.4, 0.5) is 0 Å². The first-order chi connectivity index (χ1) is 13.0. The molecule has 0 aromatic heterocycles. The smallest absolute Gasteiger partial charge is 0.290 e.